The van der Waals surface area contributed by atoms with Crippen molar-refractivity contribution in [3.8, 4) is 11.5 Å². The lowest BCUT2D eigenvalue weighted by Gasteiger charge is -2.28. The Hall–Kier alpha value is -2.86. The molecule has 6 nitrogen and oxygen atoms in total. The first-order valence-corrected chi connectivity index (χ1v) is 9.17. The van der Waals surface area contributed by atoms with Gasteiger partial charge in [-0.2, -0.15) is 0 Å². The molecule has 2 aromatic rings. The summed E-state index contributed by atoms with van der Waals surface area (Å²) in [7, 11) is 5.13. The lowest BCUT2D eigenvalue weighted by molar-refractivity contribution is 0.403. The first-order chi connectivity index (χ1) is 13.1. The minimum Gasteiger partial charge on any atom is -0.497 e. The molecule has 0 radical (unpaired) electrons. The number of methoxy groups -OCH3 is 2. The van der Waals surface area contributed by atoms with E-state index in [1.165, 1.54) is 10.6 Å². The van der Waals surface area contributed by atoms with E-state index in [-0.39, 0.29) is 5.41 Å². The van der Waals surface area contributed by atoms with Crippen LogP contribution in [0.3, 0.4) is 0 Å². The van der Waals surface area contributed by atoms with E-state index in [2.05, 4.69) is 45.0 Å². The van der Waals surface area contributed by atoms with Crippen LogP contribution in [0.4, 0.5) is 11.4 Å². The van der Waals surface area contributed by atoms with Gasteiger partial charge >= 0.3 is 0 Å². The van der Waals surface area contributed by atoms with E-state index in [4.69, 9.17) is 21.1 Å². The third-order valence-corrected chi connectivity index (χ3v) is 4.86. The molecular formula is C22H32N4O2. The Labute approximate surface area is 168 Å². The van der Waals surface area contributed by atoms with Gasteiger partial charge in [0, 0.05) is 18.8 Å². The van der Waals surface area contributed by atoms with Gasteiger partial charge in [-0.25, -0.2) is 5.84 Å². The molecule has 0 spiro atoms. The SMILES string of the molecule is COc1ccc(OC)c(N(N)/C(C)=C(\N)N(C)c2ccc(C(C)(C)C)cc2)c1. The second-order valence-electron chi connectivity index (χ2n) is 7.73. The highest BCUT2D eigenvalue weighted by Crippen LogP contribution is 2.33. The second-order valence-corrected chi connectivity index (χ2v) is 7.73. The monoisotopic (exact) mass is 384 g/mol. The first kappa shape index (κ1) is 21.4. The average molecular weight is 385 g/mol. The highest BCUT2D eigenvalue weighted by Gasteiger charge is 2.18. The zero-order valence-electron chi connectivity index (χ0n) is 17.9. The lowest BCUT2D eigenvalue weighted by Crippen LogP contribution is -2.35. The van der Waals surface area contributed by atoms with Crippen LogP contribution in [0.5, 0.6) is 11.5 Å². The molecule has 0 aliphatic carbocycles. The molecule has 0 aliphatic rings. The number of nitrogens with two attached hydrogens (primary N) is 2. The van der Waals surface area contributed by atoms with Crippen LogP contribution in [0.15, 0.2) is 54.0 Å². The predicted octanol–water partition coefficient (Wildman–Crippen LogP) is 3.97. The van der Waals surface area contributed by atoms with Crippen LogP contribution in [0.25, 0.3) is 0 Å². The summed E-state index contributed by atoms with van der Waals surface area (Å²) in [6.45, 7) is 8.45. The van der Waals surface area contributed by atoms with Gasteiger partial charge in [0.1, 0.15) is 23.0 Å². The molecule has 6 heteroatoms. The highest BCUT2D eigenvalue weighted by molar-refractivity contribution is 5.65. The standard InChI is InChI=1S/C22H32N4O2/c1-15(26(24)19-14-18(27-6)12-13-20(19)28-7)21(23)25(5)17-10-8-16(9-11-17)22(2,3)4/h8-14H,23-24H2,1-7H3/b21-15+. The number of nitrogens with zero attached hydrogens (tertiary/aromatic N) is 2. The topological polar surface area (TPSA) is 77.0 Å². The second kappa shape index (κ2) is 8.44. The van der Waals surface area contributed by atoms with E-state index in [0.717, 1.165) is 5.69 Å². The molecule has 0 fully saturated rings. The lowest BCUT2D eigenvalue weighted by atomic mass is 9.87. The minimum absolute atomic E-state index is 0.103. The largest absolute Gasteiger partial charge is 0.497 e. The molecule has 28 heavy (non-hydrogen) atoms. The quantitative estimate of drug-likeness (QED) is 0.580. The van der Waals surface area contributed by atoms with Crippen molar-refractivity contribution in [2.75, 3.05) is 31.2 Å². The summed E-state index contributed by atoms with van der Waals surface area (Å²) in [6, 6.07) is 13.8. The van der Waals surface area contributed by atoms with Crippen molar-refractivity contribution in [2.24, 2.45) is 11.6 Å². The van der Waals surface area contributed by atoms with Crippen LogP contribution in [-0.2, 0) is 5.41 Å². The van der Waals surface area contributed by atoms with E-state index < -0.39 is 0 Å². The van der Waals surface area contributed by atoms with Crippen LogP contribution in [0.2, 0.25) is 0 Å². The molecule has 152 valence electrons. The van der Waals surface area contributed by atoms with Gasteiger partial charge in [0.05, 0.1) is 19.9 Å². The predicted molar refractivity (Wildman–Crippen MR) is 117 cm³/mol. The first-order valence-electron chi connectivity index (χ1n) is 9.17. The van der Waals surface area contributed by atoms with Crippen molar-refractivity contribution >= 4 is 11.4 Å². The van der Waals surface area contributed by atoms with Gasteiger partial charge in [0.15, 0.2) is 0 Å². The van der Waals surface area contributed by atoms with Gasteiger partial charge in [-0.05, 0) is 42.2 Å². The van der Waals surface area contributed by atoms with Crippen LogP contribution < -0.4 is 31.0 Å². The van der Waals surface area contributed by atoms with Crippen molar-refractivity contribution < 1.29 is 9.47 Å². The maximum absolute atomic E-state index is 6.43. The van der Waals surface area contributed by atoms with E-state index >= 15 is 0 Å². The van der Waals surface area contributed by atoms with Gasteiger partial charge < -0.3 is 20.1 Å². The molecule has 0 bridgehead atoms. The average Bonchev–Trinajstić information content (AvgIpc) is 2.70. The summed E-state index contributed by atoms with van der Waals surface area (Å²) in [6.07, 6.45) is 0. The number of hydrogen-bond acceptors (Lipinski definition) is 6. The van der Waals surface area contributed by atoms with Crippen molar-refractivity contribution in [1.82, 2.24) is 0 Å². The fourth-order valence-corrected chi connectivity index (χ4v) is 2.86. The van der Waals surface area contributed by atoms with Gasteiger partial charge in [-0.15, -0.1) is 0 Å². The molecule has 0 unspecified atom stereocenters. The van der Waals surface area contributed by atoms with Crippen LogP contribution in [0, 0.1) is 0 Å². The Morgan fingerprint density at radius 1 is 0.964 bits per heavy atom. The third-order valence-electron chi connectivity index (χ3n) is 4.86. The maximum Gasteiger partial charge on any atom is 0.144 e. The zero-order chi connectivity index (χ0) is 21.1. The Kier molecular flexibility index (Phi) is 6.46. The smallest absolute Gasteiger partial charge is 0.144 e. The molecule has 0 atom stereocenters. The number of rotatable bonds is 6. The Bertz CT molecular complexity index is 839. The van der Waals surface area contributed by atoms with E-state index in [0.29, 0.717) is 28.7 Å². The summed E-state index contributed by atoms with van der Waals surface area (Å²) in [5.41, 5.74) is 10.1. The van der Waals surface area contributed by atoms with Crippen LogP contribution >= 0.6 is 0 Å². The van der Waals surface area contributed by atoms with Gasteiger partial charge in [-0.3, -0.25) is 5.01 Å². The Balaban J connectivity index is 2.35. The van der Waals surface area contributed by atoms with Crippen molar-refractivity contribution in [1.29, 1.82) is 0 Å². The normalized spacial score (nSPS) is 12.3. The van der Waals surface area contributed by atoms with Crippen molar-refractivity contribution in [3.05, 3.63) is 59.5 Å². The molecule has 0 amide bonds. The van der Waals surface area contributed by atoms with Crippen LogP contribution in [-0.4, -0.2) is 21.3 Å². The van der Waals surface area contributed by atoms with Crippen LogP contribution in [0.1, 0.15) is 33.3 Å². The van der Waals surface area contributed by atoms with Gasteiger partial charge in [0.25, 0.3) is 0 Å². The summed E-state index contributed by atoms with van der Waals surface area (Å²) in [5.74, 6) is 8.22. The van der Waals surface area contributed by atoms with Crippen molar-refractivity contribution in [2.45, 2.75) is 33.1 Å². The fraction of sp³-hybridized carbons (Fsp3) is 0.364. The van der Waals surface area contributed by atoms with Gasteiger partial charge in [0.2, 0.25) is 0 Å². The van der Waals surface area contributed by atoms with Crippen molar-refractivity contribution in [3.63, 3.8) is 0 Å². The molecule has 2 rings (SSSR count). The number of hydrazine groups is 1. The molecule has 4 N–H and O–H groups in total. The Morgan fingerprint density at radius 3 is 2.07 bits per heavy atom. The number of ether oxygens (including phenoxy) is 2. The van der Waals surface area contributed by atoms with Gasteiger partial charge in [-0.1, -0.05) is 32.9 Å². The Morgan fingerprint density at radius 2 is 1.57 bits per heavy atom. The number of benzene rings is 2. The summed E-state index contributed by atoms with van der Waals surface area (Å²) < 4.78 is 10.7. The zero-order valence-corrected chi connectivity index (χ0v) is 17.9. The molecule has 0 aliphatic heterocycles. The number of allylic oxidation sites excluding steroid dienone is 1. The molecule has 2 aromatic carbocycles. The molecule has 0 saturated carbocycles. The minimum atomic E-state index is 0.103. The molecule has 0 heterocycles. The summed E-state index contributed by atoms with van der Waals surface area (Å²) >= 11 is 0. The summed E-state index contributed by atoms with van der Waals surface area (Å²) in [4.78, 5) is 1.91. The third kappa shape index (κ3) is 4.51. The molecule has 0 saturated heterocycles. The number of hydrogen-bond donors (Lipinski definition) is 2. The van der Waals surface area contributed by atoms with E-state index in [9.17, 15) is 0 Å². The molecular weight excluding hydrogens is 352 g/mol. The van der Waals surface area contributed by atoms with E-state index in [1.807, 2.05) is 37.1 Å². The van der Waals surface area contributed by atoms with E-state index in [1.54, 1.807) is 14.2 Å². The molecule has 0 aromatic heterocycles. The number of anilines is 2. The highest BCUT2D eigenvalue weighted by atomic mass is 16.5. The maximum atomic E-state index is 6.43. The fourth-order valence-electron chi connectivity index (χ4n) is 2.86. The summed E-state index contributed by atoms with van der Waals surface area (Å²) in [5, 5.41) is 1.51.